The van der Waals surface area contributed by atoms with E-state index in [0.717, 1.165) is 6.42 Å². The first-order valence-electron chi connectivity index (χ1n) is 7.39. The Kier molecular flexibility index (Phi) is 6.05. The molecule has 0 aliphatic heterocycles. The molecule has 1 aromatic rings. The predicted octanol–water partition coefficient (Wildman–Crippen LogP) is 3.25. The molecule has 1 fully saturated rings. The Bertz CT molecular complexity index is 393. The van der Waals surface area contributed by atoms with Crippen molar-refractivity contribution in [1.29, 1.82) is 0 Å². The first-order chi connectivity index (χ1) is 9.31. The predicted molar refractivity (Wildman–Crippen MR) is 82.6 cm³/mol. The van der Waals surface area contributed by atoms with Crippen LogP contribution in [0.15, 0.2) is 30.3 Å². The third-order valence-electron chi connectivity index (χ3n) is 4.06. The van der Waals surface area contributed by atoms with Crippen LogP contribution < -0.4 is 5.32 Å². The quantitative estimate of drug-likeness (QED) is 0.916. The van der Waals surface area contributed by atoms with E-state index >= 15 is 0 Å². The summed E-state index contributed by atoms with van der Waals surface area (Å²) in [4.78, 5) is 0. The zero-order valence-electron chi connectivity index (χ0n) is 11.8. The Hall–Kier alpha value is -0.670. The van der Waals surface area contributed by atoms with Gasteiger partial charge in [-0.15, -0.1) is 0 Å². The number of benzene rings is 1. The first-order valence-corrected chi connectivity index (χ1v) is 8.78. The highest BCUT2D eigenvalue weighted by Gasteiger charge is 2.26. The largest absolute Gasteiger partial charge is 0.316 e. The Balaban J connectivity index is 2.01. The number of hydrogen-bond acceptors (Lipinski definition) is 2. The summed E-state index contributed by atoms with van der Waals surface area (Å²) in [5.74, 6) is 0.698. The van der Waals surface area contributed by atoms with Gasteiger partial charge >= 0.3 is 0 Å². The third-order valence-corrected chi connectivity index (χ3v) is 5.92. The van der Waals surface area contributed by atoms with Gasteiger partial charge in [0.15, 0.2) is 0 Å². The lowest BCUT2D eigenvalue weighted by atomic mass is 9.96. The van der Waals surface area contributed by atoms with E-state index in [1.165, 1.54) is 37.7 Å². The Morgan fingerprint density at radius 2 is 1.79 bits per heavy atom. The lowest BCUT2D eigenvalue weighted by Crippen LogP contribution is -2.41. The van der Waals surface area contributed by atoms with Gasteiger partial charge in [-0.05, 0) is 25.5 Å². The molecule has 0 bridgehead atoms. The molecule has 0 heterocycles. The standard InChI is InChI=1S/C16H25NOS/c1-17-15-11-7-2-3-8-12-16(15)19(18)13-14-9-5-4-6-10-14/h4-6,9-10,15-17H,2-3,7-8,11-13H2,1H3. The van der Waals surface area contributed by atoms with E-state index in [-0.39, 0.29) is 0 Å². The van der Waals surface area contributed by atoms with Gasteiger partial charge < -0.3 is 5.32 Å². The van der Waals surface area contributed by atoms with Crippen molar-refractivity contribution in [2.45, 2.75) is 55.6 Å². The molecule has 0 amide bonds. The summed E-state index contributed by atoms with van der Waals surface area (Å²) < 4.78 is 12.7. The van der Waals surface area contributed by atoms with Crippen molar-refractivity contribution in [1.82, 2.24) is 5.32 Å². The minimum Gasteiger partial charge on any atom is -0.316 e. The Morgan fingerprint density at radius 1 is 1.11 bits per heavy atom. The molecule has 0 saturated heterocycles. The van der Waals surface area contributed by atoms with Gasteiger partial charge in [-0.3, -0.25) is 4.21 Å². The fraction of sp³-hybridized carbons (Fsp3) is 0.625. The molecule has 106 valence electrons. The van der Waals surface area contributed by atoms with Crippen LogP contribution in [0.25, 0.3) is 0 Å². The summed E-state index contributed by atoms with van der Waals surface area (Å²) in [6.07, 6.45) is 7.40. The van der Waals surface area contributed by atoms with Gasteiger partial charge in [0.25, 0.3) is 0 Å². The summed E-state index contributed by atoms with van der Waals surface area (Å²) in [6, 6.07) is 10.6. The van der Waals surface area contributed by atoms with Crippen molar-refractivity contribution in [2.24, 2.45) is 0 Å². The Morgan fingerprint density at radius 3 is 2.47 bits per heavy atom. The van der Waals surface area contributed by atoms with Crippen LogP contribution >= 0.6 is 0 Å². The van der Waals surface area contributed by atoms with Gasteiger partial charge in [-0.1, -0.05) is 56.0 Å². The summed E-state index contributed by atoms with van der Waals surface area (Å²) >= 11 is 0. The van der Waals surface area contributed by atoms with Crippen molar-refractivity contribution in [3.05, 3.63) is 35.9 Å². The smallest absolute Gasteiger partial charge is 0.0504 e. The SMILES string of the molecule is CNC1CCCCCCC1S(=O)Cc1ccccc1. The second kappa shape index (κ2) is 7.81. The van der Waals surface area contributed by atoms with Crippen LogP contribution in [-0.2, 0) is 16.6 Å². The van der Waals surface area contributed by atoms with Crippen LogP contribution in [0.3, 0.4) is 0 Å². The molecule has 3 heteroatoms. The molecule has 2 nitrogen and oxygen atoms in total. The van der Waals surface area contributed by atoms with Crippen LogP contribution in [-0.4, -0.2) is 22.5 Å². The first kappa shape index (κ1) is 14.7. The maximum Gasteiger partial charge on any atom is 0.0504 e. The van der Waals surface area contributed by atoms with Crippen molar-refractivity contribution < 1.29 is 4.21 Å². The van der Waals surface area contributed by atoms with Gasteiger partial charge in [0.1, 0.15) is 0 Å². The molecule has 19 heavy (non-hydrogen) atoms. The van der Waals surface area contributed by atoms with E-state index in [2.05, 4.69) is 17.4 Å². The molecule has 3 atom stereocenters. The van der Waals surface area contributed by atoms with E-state index in [1.807, 2.05) is 25.2 Å². The molecular weight excluding hydrogens is 254 g/mol. The second-order valence-corrected chi connectivity index (χ2v) is 7.09. The van der Waals surface area contributed by atoms with E-state index < -0.39 is 10.8 Å². The third kappa shape index (κ3) is 4.43. The minimum atomic E-state index is -0.769. The van der Waals surface area contributed by atoms with Crippen LogP contribution in [0.1, 0.15) is 44.1 Å². The normalized spacial score (nSPS) is 26.4. The lowest BCUT2D eigenvalue weighted by molar-refractivity contribution is 0.414. The van der Waals surface area contributed by atoms with E-state index in [0.29, 0.717) is 17.0 Å². The fourth-order valence-corrected chi connectivity index (χ4v) is 4.74. The highest BCUT2D eigenvalue weighted by atomic mass is 32.2. The molecule has 1 aliphatic rings. The average molecular weight is 279 g/mol. The molecular formula is C16H25NOS. The van der Waals surface area contributed by atoms with Crippen molar-refractivity contribution in [3.63, 3.8) is 0 Å². The molecule has 1 aliphatic carbocycles. The monoisotopic (exact) mass is 279 g/mol. The highest BCUT2D eigenvalue weighted by Crippen LogP contribution is 2.23. The molecule has 3 unspecified atom stereocenters. The van der Waals surface area contributed by atoms with Crippen molar-refractivity contribution >= 4 is 10.8 Å². The van der Waals surface area contributed by atoms with Crippen molar-refractivity contribution in [2.75, 3.05) is 7.05 Å². The van der Waals surface area contributed by atoms with Gasteiger partial charge in [-0.2, -0.15) is 0 Å². The summed E-state index contributed by atoms with van der Waals surface area (Å²) in [7, 11) is 1.24. The van der Waals surface area contributed by atoms with Gasteiger partial charge in [0.05, 0.1) is 5.25 Å². The van der Waals surface area contributed by atoms with Crippen LogP contribution in [0.2, 0.25) is 0 Å². The summed E-state index contributed by atoms with van der Waals surface area (Å²) in [5, 5.41) is 3.71. The number of rotatable bonds is 4. The number of hydrogen-bond donors (Lipinski definition) is 1. The molecule has 0 radical (unpaired) electrons. The molecule has 0 spiro atoms. The fourth-order valence-electron chi connectivity index (χ4n) is 2.94. The van der Waals surface area contributed by atoms with E-state index in [1.54, 1.807) is 0 Å². The highest BCUT2D eigenvalue weighted by molar-refractivity contribution is 7.84. The number of nitrogens with one attached hydrogen (secondary N) is 1. The average Bonchev–Trinajstić information content (AvgIpc) is 2.39. The second-order valence-electron chi connectivity index (χ2n) is 5.44. The maximum absolute atomic E-state index is 12.7. The van der Waals surface area contributed by atoms with Crippen molar-refractivity contribution in [3.8, 4) is 0 Å². The topological polar surface area (TPSA) is 29.1 Å². The molecule has 1 saturated carbocycles. The summed E-state index contributed by atoms with van der Waals surface area (Å²) in [5.41, 5.74) is 1.19. The minimum absolute atomic E-state index is 0.311. The van der Waals surface area contributed by atoms with Crippen LogP contribution in [0.5, 0.6) is 0 Å². The zero-order valence-corrected chi connectivity index (χ0v) is 12.6. The van der Waals surface area contributed by atoms with Gasteiger partial charge in [-0.25, -0.2) is 0 Å². The van der Waals surface area contributed by atoms with E-state index in [9.17, 15) is 4.21 Å². The van der Waals surface area contributed by atoms with Crippen LogP contribution in [0.4, 0.5) is 0 Å². The van der Waals surface area contributed by atoms with E-state index in [4.69, 9.17) is 0 Å². The maximum atomic E-state index is 12.7. The zero-order chi connectivity index (χ0) is 13.5. The van der Waals surface area contributed by atoms with Gasteiger partial charge in [0.2, 0.25) is 0 Å². The van der Waals surface area contributed by atoms with Crippen LogP contribution in [0, 0.1) is 0 Å². The molecule has 0 aromatic heterocycles. The summed E-state index contributed by atoms with van der Waals surface area (Å²) in [6.45, 7) is 0. The van der Waals surface area contributed by atoms with Gasteiger partial charge in [0, 0.05) is 22.6 Å². The lowest BCUT2D eigenvalue weighted by Gasteiger charge is -2.28. The molecule has 2 rings (SSSR count). The molecule has 1 N–H and O–H groups in total. The molecule has 1 aromatic carbocycles. The Labute approximate surface area is 119 Å².